The van der Waals surface area contributed by atoms with Gasteiger partial charge in [-0.3, -0.25) is 19.8 Å². The van der Waals surface area contributed by atoms with Gasteiger partial charge < -0.3 is 5.11 Å². The lowest BCUT2D eigenvalue weighted by atomic mass is 9.93. The fourth-order valence-electron chi connectivity index (χ4n) is 2.62. The number of benzene rings is 1. The van der Waals surface area contributed by atoms with Gasteiger partial charge in [0.25, 0.3) is 5.69 Å². The van der Waals surface area contributed by atoms with Crippen molar-refractivity contribution in [3.8, 4) is 0 Å². The van der Waals surface area contributed by atoms with Crippen molar-refractivity contribution in [1.29, 1.82) is 0 Å². The Hall–Kier alpha value is -1.66. The second-order valence-corrected chi connectivity index (χ2v) is 5.83. The highest BCUT2D eigenvalue weighted by atomic mass is 35.5. The van der Waals surface area contributed by atoms with Crippen LogP contribution in [0.3, 0.4) is 0 Å². The van der Waals surface area contributed by atoms with E-state index in [2.05, 4.69) is 0 Å². The lowest BCUT2D eigenvalue weighted by molar-refractivity contribution is -0.384. The average molecular weight is 313 g/mol. The molecule has 0 bridgehead atoms. The molecule has 1 aliphatic heterocycles. The van der Waals surface area contributed by atoms with Crippen LogP contribution in [0.1, 0.15) is 25.3 Å². The van der Waals surface area contributed by atoms with Crippen molar-refractivity contribution >= 4 is 23.3 Å². The zero-order valence-electron chi connectivity index (χ0n) is 11.7. The molecule has 1 N–H and O–H groups in total. The van der Waals surface area contributed by atoms with Gasteiger partial charge in [-0.25, -0.2) is 0 Å². The first-order valence-corrected chi connectivity index (χ1v) is 7.16. The van der Waals surface area contributed by atoms with Gasteiger partial charge >= 0.3 is 5.97 Å². The summed E-state index contributed by atoms with van der Waals surface area (Å²) >= 11 is 6.10. The smallest absolute Gasteiger partial charge is 0.307 e. The third-order valence-electron chi connectivity index (χ3n) is 3.97. The van der Waals surface area contributed by atoms with Crippen molar-refractivity contribution < 1.29 is 14.8 Å². The number of aliphatic carboxylic acids is 1. The first-order chi connectivity index (χ1) is 9.88. The molecule has 0 amide bonds. The van der Waals surface area contributed by atoms with Gasteiger partial charge in [-0.05, 0) is 31.4 Å². The van der Waals surface area contributed by atoms with Gasteiger partial charge in [-0.1, -0.05) is 11.6 Å². The van der Waals surface area contributed by atoms with E-state index in [-0.39, 0.29) is 11.7 Å². The normalized spacial score (nSPS) is 23.0. The molecule has 2 rings (SSSR count). The van der Waals surface area contributed by atoms with Gasteiger partial charge in [0.2, 0.25) is 0 Å². The summed E-state index contributed by atoms with van der Waals surface area (Å²) in [5.41, 5.74) is 0.651. The molecular formula is C14H17ClN2O4. The first-order valence-electron chi connectivity index (χ1n) is 6.78. The summed E-state index contributed by atoms with van der Waals surface area (Å²) < 4.78 is 0. The van der Waals surface area contributed by atoms with Gasteiger partial charge in [0.05, 0.1) is 10.8 Å². The van der Waals surface area contributed by atoms with Crippen molar-refractivity contribution in [2.24, 2.45) is 5.92 Å². The van der Waals surface area contributed by atoms with E-state index in [1.807, 2.05) is 11.8 Å². The molecule has 1 aromatic carbocycles. The van der Waals surface area contributed by atoms with Crippen molar-refractivity contribution in [1.82, 2.24) is 4.90 Å². The fourth-order valence-corrected chi connectivity index (χ4v) is 2.79. The Labute approximate surface area is 127 Å². The monoisotopic (exact) mass is 312 g/mol. The summed E-state index contributed by atoms with van der Waals surface area (Å²) in [6.45, 7) is 2.89. The molecule has 7 heteroatoms. The van der Waals surface area contributed by atoms with E-state index in [0.29, 0.717) is 30.1 Å². The molecule has 1 aromatic rings. The second kappa shape index (κ2) is 6.41. The first kappa shape index (κ1) is 15.7. The van der Waals surface area contributed by atoms with Gasteiger partial charge in [0, 0.05) is 36.3 Å². The average Bonchev–Trinajstić information content (AvgIpc) is 2.43. The number of piperidine rings is 1. The van der Waals surface area contributed by atoms with Crippen molar-refractivity contribution in [3.05, 3.63) is 38.9 Å². The number of nitro groups is 1. The van der Waals surface area contributed by atoms with Crippen LogP contribution in [0.5, 0.6) is 0 Å². The number of hydrogen-bond acceptors (Lipinski definition) is 4. The van der Waals surface area contributed by atoms with Crippen molar-refractivity contribution in [3.63, 3.8) is 0 Å². The van der Waals surface area contributed by atoms with Crippen LogP contribution in [-0.2, 0) is 11.3 Å². The van der Waals surface area contributed by atoms with Crippen molar-refractivity contribution in [2.45, 2.75) is 32.4 Å². The fraction of sp³-hybridized carbons (Fsp3) is 0.500. The van der Waals surface area contributed by atoms with E-state index in [1.165, 1.54) is 18.2 Å². The lowest BCUT2D eigenvalue weighted by Gasteiger charge is -2.36. The maximum absolute atomic E-state index is 11.1. The van der Waals surface area contributed by atoms with E-state index in [4.69, 9.17) is 16.7 Å². The zero-order valence-corrected chi connectivity index (χ0v) is 12.4. The quantitative estimate of drug-likeness (QED) is 0.682. The molecule has 1 saturated heterocycles. The maximum atomic E-state index is 11.1. The SMILES string of the molecule is CC1CCC(C(=O)O)CN1Cc1cc([N+](=O)[O-])ccc1Cl. The Morgan fingerprint density at radius 1 is 1.52 bits per heavy atom. The van der Waals surface area contributed by atoms with E-state index in [9.17, 15) is 14.9 Å². The maximum Gasteiger partial charge on any atom is 0.307 e. The summed E-state index contributed by atoms with van der Waals surface area (Å²) in [4.78, 5) is 23.5. The highest BCUT2D eigenvalue weighted by Gasteiger charge is 2.30. The molecule has 1 heterocycles. The Bertz CT molecular complexity index is 564. The molecule has 0 aromatic heterocycles. The molecule has 0 saturated carbocycles. The number of non-ortho nitro benzene ring substituents is 1. The van der Waals surface area contributed by atoms with E-state index in [1.54, 1.807) is 0 Å². The third-order valence-corrected chi connectivity index (χ3v) is 4.34. The minimum absolute atomic E-state index is 0.00570. The molecule has 2 unspecified atom stereocenters. The lowest BCUT2D eigenvalue weighted by Crippen LogP contribution is -2.43. The Morgan fingerprint density at radius 2 is 2.24 bits per heavy atom. The highest BCUT2D eigenvalue weighted by Crippen LogP contribution is 2.28. The second-order valence-electron chi connectivity index (χ2n) is 5.42. The number of nitro benzene ring substituents is 1. The third kappa shape index (κ3) is 3.71. The Balaban J connectivity index is 2.17. The highest BCUT2D eigenvalue weighted by molar-refractivity contribution is 6.31. The van der Waals surface area contributed by atoms with Crippen LogP contribution < -0.4 is 0 Å². The van der Waals surface area contributed by atoms with Crippen LogP contribution in [0, 0.1) is 16.0 Å². The predicted octanol–water partition coefficient (Wildman–Crippen LogP) is 2.93. The molecule has 1 fully saturated rings. The molecule has 0 spiro atoms. The van der Waals surface area contributed by atoms with Gasteiger partial charge in [0.15, 0.2) is 0 Å². The number of likely N-dealkylation sites (tertiary alicyclic amines) is 1. The number of carboxylic acid groups (broad SMARTS) is 1. The van der Waals surface area contributed by atoms with E-state index >= 15 is 0 Å². The van der Waals surface area contributed by atoms with Crippen LogP contribution in [0.2, 0.25) is 5.02 Å². The largest absolute Gasteiger partial charge is 0.481 e. The predicted molar refractivity (Wildman–Crippen MR) is 78.3 cm³/mol. The molecular weight excluding hydrogens is 296 g/mol. The number of carboxylic acids is 1. The topological polar surface area (TPSA) is 83.7 Å². The summed E-state index contributed by atoms with van der Waals surface area (Å²) in [7, 11) is 0. The number of hydrogen-bond donors (Lipinski definition) is 1. The standard InChI is InChI=1S/C14H17ClN2O4/c1-9-2-3-10(14(18)19)7-16(9)8-11-6-12(17(20)21)4-5-13(11)15/h4-6,9-10H,2-3,7-8H2,1H3,(H,18,19). The molecule has 114 valence electrons. The van der Waals surface area contributed by atoms with Gasteiger partial charge in [-0.15, -0.1) is 0 Å². The summed E-state index contributed by atoms with van der Waals surface area (Å²) in [6, 6.07) is 4.57. The Morgan fingerprint density at radius 3 is 2.86 bits per heavy atom. The van der Waals surface area contributed by atoms with Crippen LogP contribution in [-0.4, -0.2) is 33.5 Å². The van der Waals surface area contributed by atoms with E-state index in [0.717, 1.165) is 6.42 Å². The van der Waals surface area contributed by atoms with Gasteiger partial charge in [-0.2, -0.15) is 0 Å². The van der Waals surface area contributed by atoms with Crippen LogP contribution in [0.4, 0.5) is 5.69 Å². The van der Waals surface area contributed by atoms with Crippen LogP contribution in [0.25, 0.3) is 0 Å². The zero-order chi connectivity index (χ0) is 15.6. The number of nitrogens with zero attached hydrogens (tertiary/aromatic N) is 2. The minimum Gasteiger partial charge on any atom is -0.481 e. The van der Waals surface area contributed by atoms with Crippen LogP contribution in [0.15, 0.2) is 18.2 Å². The molecule has 0 aliphatic carbocycles. The minimum atomic E-state index is -0.794. The molecule has 0 radical (unpaired) electrons. The summed E-state index contributed by atoms with van der Waals surface area (Å²) in [5, 5.41) is 20.4. The molecule has 6 nitrogen and oxygen atoms in total. The summed E-state index contributed by atoms with van der Waals surface area (Å²) in [6.07, 6.45) is 1.46. The molecule has 1 aliphatic rings. The van der Waals surface area contributed by atoms with Gasteiger partial charge in [0.1, 0.15) is 0 Å². The number of rotatable bonds is 4. The van der Waals surface area contributed by atoms with Crippen molar-refractivity contribution in [2.75, 3.05) is 6.54 Å². The summed E-state index contributed by atoms with van der Waals surface area (Å²) in [5.74, 6) is -1.18. The molecule has 2 atom stereocenters. The number of carbonyl (C=O) groups is 1. The number of halogens is 1. The molecule has 21 heavy (non-hydrogen) atoms. The Kier molecular flexibility index (Phi) is 4.80. The van der Waals surface area contributed by atoms with E-state index < -0.39 is 16.8 Å². The van der Waals surface area contributed by atoms with Crippen LogP contribution >= 0.6 is 11.6 Å².